The molecule has 0 atom stereocenters. The van der Waals surface area contributed by atoms with E-state index in [4.69, 9.17) is 5.73 Å². The maximum Gasteiger partial charge on any atom is 0.271 e. The first-order chi connectivity index (χ1) is 13.3. The third-order valence-corrected chi connectivity index (χ3v) is 4.65. The summed E-state index contributed by atoms with van der Waals surface area (Å²) < 4.78 is 0. The van der Waals surface area contributed by atoms with Gasteiger partial charge in [-0.05, 0) is 49.6 Å². The van der Waals surface area contributed by atoms with Gasteiger partial charge in [0.15, 0.2) is 0 Å². The van der Waals surface area contributed by atoms with Crippen LogP contribution in [0.2, 0.25) is 0 Å². The molecule has 1 heterocycles. The third-order valence-electron chi connectivity index (χ3n) is 4.65. The van der Waals surface area contributed by atoms with Crippen molar-refractivity contribution in [3.05, 3.63) is 58.7 Å². The van der Waals surface area contributed by atoms with Crippen LogP contribution in [0, 0.1) is 20.8 Å². The topological polar surface area (TPSA) is 105 Å². The Labute approximate surface area is 163 Å². The minimum atomic E-state index is -0.619. The number of nitrogens with two attached hydrogens (primary N) is 1. The predicted molar refractivity (Wildman–Crippen MR) is 108 cm³/mol. The van der Waals surface area contributed by atoms with Gasteiger partial charge in [-0.2, -0.15) is 5.10 Å². The molecule has 7 nitrogen and oxygen atoms in total. The van der Waals surface area contributed by atoms with Gasteiger partial charge in [0.05, 0.1) is 16.9 Å². The average Bonchev–Trinajstić information content (AvgIpc) is 2.64. The number of nitrogens with one attached hydrogen (secondary N) is 1. The highest BCUT2D eigenvalue weighted by molar-refractivity contribution is 6.44. The van der Waals surface area contributed by atoms with Crippen molar-refractivity contribution in [3.63, 3.8) is 0 Å². The number of primary amides is 1. The zero-order chi connectivity index (χ0) is 20.4. The molecule has 1 aliphatic heterocycles. The molecule has 0 saturated carbocycles. The second-order valence-electron chi connectivity index (χ2n) is 6.86. The monoisotopic (exact) mass is 378 g/mol. The first kappa shape index (κ1) is 19.3. The SMILES string of the molecule is Cc1ccc(C)c(N2N=C(C(=O)Nc3cccc(C)c3C(N)=O)CCC2=O)c1. The van der Waals surface area contributed by atoms with Gasteiger partial charge in [0, 0.05) is 12.8 Å². The first-order valence-electron chi connectivity index (χ1n) is 8.96. The number of hydrogen-bond donors (Lipinski definition) is 2. The summed E-state index contributed by atoms with van der Waals surface area (Å²) in [4.78, 5) is 36.9. The van der Waals surface area contributed by atoms with Gasteiger partial charge in [0.25, 0.3) is 11.8 Å². The molecule has 3 amide bonds. The van der Waals surface area contributed by atoms with Crippen LogP contribution in [-0.4, -0.2) is 23.4 Å². The summed E-state index contributed by atoms with van der Waals surface area (Å²) in [5.74, 6) is -1.25. The van der Waals surface area contributed by atoms with Gasteiger partial charge < -0.3 is 11.1 Å². The Kier molecular flexibility index (Phi) is 5.26. The molecule has 3 N–H and O–H groups in total. The molecular weight excluding hydrogens is 356 g/mol. The summed E-state index contributed by atoms with van der Waals surface area (Å²) >= 11 is 0. The normalized spacial score (nSPS) is 13.9. The second-order valence-corrected chi connectivity index (χ2v) is 6.86. The van der Waals surface area contributed by atoms with Crippen LogP contribution in [-0.2, 0) is 9.59 Å². The van der Waals surface area contributed by atoms with E-state index in [1.807, 2.05) is 32.0 Å². The van der Waals surface area contributed by atoms with Crippen molar-refractivity contribution >= 4 is 34.8 Å². The maximum absolute atomic E-state index is 12.8. The van der Waals surface area contributed by atoms with Crippen LogP contribution in [0.15, 0.2) is 41.5 Å². The fourth-order valence-corrected chi connectivity index (χ4v) is 3.15. The van der Waals surface area contributed by atoms with Gasteiger partial charge >= 0.3 is 0 Å². The van der Waals surface area contributed by atoms with Crippen LogP contribution in [0.1, 0.15) is 39.9 Å². The molecule has 0 unspecified atom stereocenters. The lowest BCUT2D eigenvalue weighted by Gasteiger charge is -2.25. The maximum atomic E-state index is 12.8. The van der Waals surface area contributed by atoms with Crippen molar-refractivity contribution in [1.29, 1.82) is 0 Å². The van der Waals surface area contributed by atoms with Crippen LogP contribution in [0.3, 0.4) is 0 Å². The number of aryl methyl sites for hydroxylation is 3. The van der Waals surface area contributed by atoms with Crippen molar-refractivity contribution in [2.45, 2.75) is 33.6 Å². The smallest absolute Gasteiger partial charge is 0.271 e. The molecule has 1 aliphatic rings. The lowest BCUT2D eigenvalue weighted by Crippen LogP contribution is -2.37. The van der Waals surface area contributed by atoms with Gasteiger partial charge in [-0.25, -0.2) is 5.01 Å². The number of amides is 3. The van der Waals surface area contributed by atoms with E-state index >= 15 is 0 Å². The number of benzene rings is 2. The van der Waals surface area contributed by atoms with E-state index in [2.05, 4.69) is 10.4 Å². The molecule has 28 heavy (non-hydrogen) atoms. The Bertz CT molecular complexity index is 1010. The molecule has 0 radical (unpaired) electrons. The van der Waals surface area contributed by atoms with Crippen LogP contribution >= 0.6 is 0 Å². The number of anilines is 2. The van der Waals surface area contributed by atoms with E-state index in [0.717, 1.165) is 11.1 Å². The minimum absolute atomic E-state index is 0.168. The Morgan fingerprint density at radius 2 is 1.82 bits per heavy atom. The van der Waals surface area contributed by atoms with Crippen LogP contribution < -0.4 is 16.1 Å². The van der Waals surface area contributed by atoms with Crippen molar-refractivity contribution in [1.82, 2.24) is 0 Å². The number of hydrazone groups is 1. The highest BCUT2D eigenvalue weighted by atomic mass is 16.2. The van der Waals surface area contributed by atoms with Gasteiger partial charge in [0.1, 0.15) is 5.71 Å². The van der Waals surface area contributed by atoms with E-state index in [9.17, 15) is 14.4 Å². The molecule has 2 aromatic carbocycles. The molecule has 0 aromatic heterocycles. The van der Waals surface area contributed by atoms with E-state index in [-0.39, 0.29) is 30.0 Å². The molecule has 3 rings (SSSR count). The fourth-order valence-electron chi connectivity index (χ4n) is 3.15. The lowest BCUT2D eigenvalue weighted by atomic mass is 10.1. The molecule has 0 aliphatic carbocycles. The highest BCUT2D eigenvalue weighted by Gasteiger charge is 2.27. The van der Waals surface area contributed by atoms with Crippen LogP contribution in [0.25, 0.3) is 0 Å². The van der Waals surface area contributed by atoms with Gasteiger partial charge in [-0.1, -0.05) is 24.3 Å². The number of carbonyl (C=O) groups is 3. The molecule has 0 fully saturated rings. The van der Waals surface area contributed by atoms with Crippen LogP contribution in [0.4, 0.5) is 11.4 Å². The van der Waals surface area contributed by atoms with E-state index in [0.29, 0.717) is 16.9 Å². The van der Waals surface area contributed by atoms with E-state index in [1.165, 1.54) is 5.01 Å². The zero-order valence-electron chi connectivity index (χ0n) is 16.1. The molecule has 0 bridgehead atoms. The Hall–Kier alpha value is -3.48. The van der Waals surface area contributed by atoms with Crippen LogP contribution in [0.5, 0.6) is 0 Å². The summed E-state index contributed by atoms with van der Waals surface area (Å²) in [7, 11) is 0. The molecular formula is C21H22N4O3. The lowest BCUT2D eigenvalue weighted by molar-refractivity contribution is -0.118. The minimum Gasteiger partial charge on any atom is -0.366 e. The highest BCUT2D eigenvalue weighted by Crippen LogP contribution is 2.26. The van der Waals surface area contributed by atoms with Crippen molar-refractivity contribution in [3.8, 4) is 0 Å². The van der Waals surface area contributed by atoms with Crippen molar-refractivity contribution in [2.24, 2.45) is 10.8 Å². The Morgan fingerprint density at radius 1 is 1.07 bits per heavy atom. The largest absolute Gasteiger partial charge is 0.366 e. The van der Waals surface area contributed by atoms with E-state index in [1.54, 1.807) is 25.1 Å². The van der Waals surface area contributed by atoms with Gasteiger partial charge in [-0.3, -0.25) is 14.4 Å². The standard InChI is InChI=1S/C21H22N4O3/c1-12-7-8-13(2)17(11-12)25-18(26)10-9-16(24-25)21(28)23-15-6-4-5-14(3)19(15)20(22)27/h4-8,11H,9-10H2,1-3H3,(H2,22,27)(H,23,28). The molecule has 2 aromatic rings. The first-order valence-corrected chi connectivity index (χ1v) is 8.96. The summed E-state index contributed by atoms with van der Waals surface area (Å²) in [5, 5.41) is 8.29. The molecule has 144 valence electrons. The zero-order valence-corrected chi connectivity index (χ0v) is 16.1. The van der Waals surface area contributed by atoms with Gasteiger partial charge in [0.2, 0.25) is 5.91 Å². The quantitative estimate of drug-likeness (QED) is 0.854. The van der Waals surface area contributed by atoms with Gasteiger partial charge in [-0.15, -0.1) is 0 Å². The summed E-state index contributed by atoms with van der Waals surface area (Å²) in [6.07, 6.45) is 0.403. The molecule has 0 saturated heterocycles. The Balaban J connectivity index is 1.92. The number of carbonyl (C=O) groups excluding carboxylic acids is 3. The number of hydrogen-bond acceptors (Lipinski definition) is 4. The average molecular weight is 378 g/mol. The van der Waals surface area contributed by atoms with Crippen molar-refractivity contribution in [2.75, 3.05) is 10.3 Å². The third kappa shape index (κ3) is 3.78. The molecule has 0 spiro atoms. The van der Waals surface area contributed by atoms with E-state index < -0.39 is 11.8 Å². The number of rotatable bonds is 4. The molecule has 7 heteroatoms. The summed E-state index contributed by atoms with van der Waals surface area (Å²) in [5.41, 5.74) is 9.46. The Morgan fingerprint density at radius 3 is 2.54 bits per heavy atom. The fraction of sp³-hybridized carbons (Fsp3) is 0.238. The summed E-state index contributed by atoms with van der Waals surface area (Å²) in [6.45, 7) is 5.56. The number of nitrogens with zero attached hydrogens (tertiary/aromatic N) is 2. The van der Waals surface area contributed by atoms with Crippen molar-refractivity contribution < 1.29 is 14.4 Å². The second kappa shape index (κ2) is 7.64. The predicted octanol–water partition coefficient (Wildman–Crippen LogP) is 2.83. The summed E-state index contributed by atoms with van der Waals surface area (Å²) in [6, 6.07) is 10.8.